The number of halogens is 1. The van der Waals surface area contributed by atoms with Crippen molar-refractivity contribution in [2.24, 2.45) is 0 Å². The van der Waals surface area contributed by atoms with E-state index in [1.54, 1.807) is 23.5 Å². The molecule has 0 aliphatic heterocycles. The number of aromatic carboxylic acids is 1. The van der Waals surface area contributed by atoms with Crippen molar-refractivity contribution in [2.75, 3.05) is 5.32 Å². The third-order valence-corrected chi connectivity index (χ3v) is 4.00. The number of carbonyl (C=O) groups is 1. The largest absolute Gasteiger partial charge is 0.478 e. The minimum atomic E-state index is -0.942. The van der Waals surface area contributed by atoms with E-state index in [1.165, 1.54) is 0 Å². The molecule has 0 radical (unpaired) electrons. The van der Waals surface area contributed by atoms with E-state index in [-0.39, 0.29) is 11.6 Å². The number of carboxylic acid groups (broad SMARTS) is 1. The Morgan fingerprint density at radius 2 is 2.22 bits per heavy atom. The summed E-state index contributed by atoms with van der Waals surface area (Å²) >= 11 is 4.89. The van der Waals surface area contributed by atoms with E-state index in [0.717, 1.165) is 5.56 Å². The Balaban J connectivity index is 2.29. The van der Waals surface area contributed by atoms with Gasteiger partial charge in [-0.3, -0.25) is 0 Å². The molecule has 5 heteroatoms. The molecule has 1 unspecified atom stereocenters. The van der Waals surface area contributed by atoms with E-state index in [9.17, 15) is 9.90 Å². The monoisotopic (exact) mass is 325 g/mol. The lowest BCUT2D eigenvalue weighted by Gasteiger charge is -2.16. The van der Waals surface area contributed by atoms with Crippen molar-refractivity contribution in [3.05, 3.63) is 50.6 Å². The summed E-state index contributed by atoms with van der Waals surface area (Å²) in [6, 6.07) is 7.42. The first-order chi connectivity index (χ1) is 8.59. The number of anilines is 1. The second-order valence-corrected chi connectivity index (χ2v) is 5.52. The molecule has 1 atom stereocenters. The van der Waals surface area contributed by atoms with Crippen LogP contribution in [0.5, 0.6) is 0 Å². The molecule has 2 rings (SSSR count). The molecule has 0 saturated carbocycles. The highest BCUT2D eigenvalue weighted by Crippen LogP contribution is 2.28. The molecular weight excluding hydrogens is 314 g/mol. The smallest absolute Gasteiger partial charge is 0.338 e. The van der Waals surface area contributed by atoms with E-state index >= 15 is 0 Å². The van der Waals surface area contributed by atoms with Crippen molar-refractivity contribution in [2.45, 2.75) is 13.0 Å². The quantitative estimate of drug-likeness (QED) is 0.876. The maximum atomic E-state index is 11.2. The maximum Gasteiger partial charge on any atom is 0.338 e. The zero-order valence-electron chi connectivity index (χ0n) is 9.68. The Morgan fingerprint density at radius 3 is 2.83 bits per heavy atom. The lowest BCUT2D eigenvalue weighted by atomic mass is 10.1. The lowest BCUT2D eigenvalue weighted by molar-refractivity contribution is 0.0697. The summed E-state index contributed by atoms with van der Waals surface area (Å²) in [6.45, 7) is 2.01. The normalized spacial score (nSPS) is 12.1. The van der Waals surface area contributed by atoms with Crippen molar-refractivity contribution in [1.82, 2.24) is 0 Å². The fraction of sp³-hybridized carbons (Fsp3) is 0.154. The standard InChI is InChI=1S/C13H12BrNO2S/c1-8(9-5-6-18-7-9)15-11-4-2-3-10(14)12(11)13(16)17/h2-8,15H,1H3,(H,16,17). The van der Waals surface area contributed by atoms with Gasteiger partial charge in [0.2, 0.25) is 0 Å². The van der Waals surface area contributed by atoms with Crippen molar-refractivity contribution < 1.29 is 9.90 Å². The summed E-state index contributed by atoms with van der Waals surface area (Å²) in [7, 11) is 0. The van der Waals surface area contributed by atoms with E-state index in [1.807, 2.05) is 24.4 Å². The van der Waals surface area contributed by atoms with Gasteiger partial charge in [0, 0.05) is 10.5 Å². The van der Waals surface area contributed by atoms with Crippen LogP contribution < -0.4 is 5.32 Å². The molecule has 0 saturated heterocycles. The predicted molar refractivity (Wildman–Crippen MR) is 77.5 cm³/mol. The SMILES string of the molecule is CC(Nc1cccc(Br)c1C(=O)O)c1ccsc1. The van der Waals surface area contributed by atoms with Crippen molar-refractivity contribution in [3.63, 3.8) is 0 Å². The van der Waals surface area contributed by atoms with Crippen LogP contribution in [0.15, 0.2) is 39.5 Å². The Labute approximate surface area is 118 Å². The van der Waals surface area contributed by atoms with Crippen LogP contribution in [0, 0.1) is 0 Å². The summed E-state index contributed by atoms with van der Waals surface area (Å²) in [5, 5.41) is 16.5. The number of rotatable bonds is 4. The third kappa shape index (κ3) is 2.73. The minimum absolute atomic E-state index is 0.0728. The molecule has 1 heterocycles. The highest BCUT2D eigenvalue weighted by Gasteiger charge is 2.16. The Bertz CT molecular complexity index is 554. The zero-order chi connectivity index (χ0) is 13.1. The van der Waals surface area contributed by atoms with E-state index < -0.39 is 5.97 Å². The van der Waals surface area contributed by atoms with Gasteiger partial charge >= 0.3 is 5.97 Å². The van der Waals surface area contributed by atoms with E-state index in [2.05, 4.69) is 26.6 Å². The van der Waals surface area contributed by atoms with E-state index in [4.69, 9.17) is 0 Å². The van der Waals surface area contributed by atoms with Gasteiger partial charge in [0.05, 0.1) is 11.3 Å². The second-order valence-electron chi connectivity index (χ2n) is 3.89. The van der Waals surface area contributed by atoms with Crippen LogP contribution in [0.2, 0.25) is 0 Å². The molecule has 0 spiro atoms. The second kappa shape index (κ2) is 5.54. The van der Waals surface area contributed by atoms with Gasteiger partial charge in [0.15, 0.2) is 0 Å². The first kappa shape index (κ1) is 13.1. The molecule has 0 aliphatic carbocycles. The van der Waals surface area contributed by atoms with E-state index in [0.29, 0.717) is 10.2 Å². The maximum absolute atomic E-state index is 11.2. The topological polar surface area (TPSA) is 49.3 Å². The molecule has 0 fully saturated rings. The summed E-state index contributed by atoms with van der Waals surface area (Å²) in [5.74, 6) is -0.942. The molecule has 18 heavy (non-hydrogen) atoms. The molecule has 0 aliphatic rings. The van der Waals surface area contributed by atoms with Crippen LogP contribution in [-0.4, -0.2) is 11.1 Å². The number of carboxylic acids is 1. The van der Waals surface area contributed by atoms with Crippen LogP contribution in [0.3, 0.4) is 0 Å². The zero-order valence-corrected chi connectivity index (χ0v) is 12.1. The average Bonchev–Trinajstić information content (AvgIpc) is 2.81. The molecule has 1 aromatic heterocycles. The summed E-state index contributed by atoms with van der Waals surface area (Å²) in [5.41, 5.74) is 2.03. The summed E-state index contributed by atoms with van der Waals surface area (Å²) < 4.78 is 0.581. The Kier molecular flexibility index (Phi) is 4.04. The van der Waals surface area contributed by atoms with Crippen molar-refractivity contribution in [3.8, 4) is 0 Å². The molecule has 2 N–H and O–H groups in total. The summed E-state index contributed by atoms with van der Waals surface area (Å²) in [4.78, 5) is 11.2. The van der Waals surface area contributed by atoms with Crippen LogP contribution in [-0.2, 0) is 0 Å². The number of nitrogens with one attached hydrogen (secondary N) is 1. The van der Waals surface area contributed by atoms with Gasteiger partial charge in [-0.2, -0.15) is 11.3 Å². The van der Waals surface area contributed by atoms with Crippen LogP contribution in [0.25, 0.3) is 0 Å². The Morgan fingerprint density at radius 1 is 1.44 bits per heavy atom. The highest BCUT2D eigenvalue weighted by molar-refractivity contribution is 9.10. The van der Waals surface area contributed by atoms with Gasteiger partial charge in [0.25, 0.3) is 0 Å². The van der Waals surface area contributed by atoms with Gasteiger partial charge in [-0.25, -0.2) is 4.79 Å². The van der Waals surface area contributed by atoms with Gasteiger partial charge in [-0.05, 0) is 57.4 Å². The highest BCUT2D eigenvalue weighted by atomic mass is 79.9. The molecule has 0 bridgehead atoms. The van der Waals surface area contributed by atoms with Crippen molar-refractivity contribution >= 4 is 38.9 Å². The summed E-state index contributed by atoms with van der Waals surface area (Å²) in [6.07, 6.45) is 0. The third-order valence-electron chi connectivity index (χ3n) is 2.64. The van der Waals surface area contributed by atoms with Crippen LogP contribution >= 0.6 is 27.3 Å². The fourth-order valence-electron chi connectivity index (χ4n) is 1.70. The number of benzene rings is 1. The van der Waals surface area contributed by atoms with Gasteiger partial charge in [0.1, 0.15) is 0 Å². The molecule has 94 valence electrons. The molecule has 1 aromatic carbocycles. The van der Waals surface area contributed by atoms with Crippen molar-refractivity contribution in [1.29, 1.82) is 0 Å². The molecule has 0 amide bonds. The van der Waals surface area contributed by atoms with Crippen LogP contribution in [0.1, 0.15) is 28.9 Å². The fourth-order valence-corrected chi connectivity index (χ4v) is 2.99. The Hall–Kier alpha value is -1.33. The minimum Gasteiger partial charge on any atom is -0.478 e. The molecular formula is C13H12BrNO2S. The number of hydrogen-bond donors (Lipinski definition) is 2. The number of hydrogen-bond acceptors (Lipinski definition) is 3. The predicted octanol–water partition coefficient (Wildman–Crippen LogP) is 4.38. The van der Waals surface area contributed by atoms with Crippen LogP contribution in [0.4, 0.5) is 5.69 Å². The molecule has 2 aromatic rings. The number of thiophene rings is 1. The van der Waals surface area contributed by atoms with Gasteiger partial charge in [-0.15, -0.1) is 0 Å². The average molecular weight is 326 g/mol. The lowest BCUT2D eigenvalue weighted by Crippen LogP contribution is -2.10. The van der Waals surface area contributed by atoms with Gasteiger partial charge < -0.3 is 10.4 Å². The molecule has 3 nitrogen and oxygen atoms in total. The first-order valence-electron chi connectivity index (χ1n) is 5.40. The van der Waals surface area contributed by atoms with Gasteiger partial charge in [-0.1, -0.05) is 6.07 Å². The first-order valence-corrected chi connectivity index (χ1v) is 7.13.